The molecule has 1 aromatic rings. The van der Waals surface area contributed by atoms with Crippen molar-refractivity contribution < 1.29 is 9.26 Å². The van der Waals surface area contributed by atoms with Gasteiger partial charge in [-0.15, -0.1) is 0 Å². The van der Waals surface area contributed by atoms with Gasteiger partial charge in [-0.25, -0.2) is 0 Å². The van der Waals surface area contributed by atoms with Crippen LogP contribution in [0, 0.1) is 0 Å². The lowest BCUT2D eigenvalue weighted by Gasteiger charge is -2.13. The van der Waals surface area contributed by atoms with Gasteiger partial charge < -0.3 is 15.0 Å². The molecule has 86 valence electrons. The maximum atomic E-state index is 5.91. The van der Waals surface area contributed by atoms with Gasteiger partial charge in [-0.05, 0) is 6.42 Å². The molecule has 0 radical (unpaired) electrons. The molecule has 0 saturated heterocycles. The summed E-state index contributed by atoms with van der Waals surface area (Å²) in [4.78, 5) is 4.28. The van der Waals surface area contributed by atoms with E-state index < -0.39 is 0 Å². The summed E-state index contributed by atoms with van der Waals surface area (Å²) in [5.41, 5.74) is 5.91. The molecule has 1 aromatic heterocycles. The molecule has 2 unspecified atom stereocenters. The Morgan fingerprint density at radius 1 is 1.53 bits per heavy atom. The lowest BCUT2D eigenvalue weighted by Crippen LogP contribution is -2.25. The predicted molar refractivity (Wildman–Crippen MR) is 56.6 cm³/mol. The normalized spacial score (nSPS) is 15.2. The lowest BCUT2D eigenvalue weighted by molar-refractivity contribution is 0.199. The van der Waals surface area contributed by atoms with Gasteiger partial charge >= 0.3 is 0 Å². The van der Waals surface area contributed by atoms with Gasteiger partial charge in [0.2, 0.25) is 5.89 Å². The van der Waals surface area contributed by atoms with Crippen LogP contribution in [0.1, 0.15) is 37.9 Å². The molecule has 1 rings (SSSR count). The van der Waals surface area contributed by atoms with Gasteiger partial charge in [-0.2, -0.15) is 4.98 Å². The van der Waals surface area contributed by atoms with E-state index in [0.29, 0.717) is 24.7 Å². The molecule has 0 aliphatic heterocycles. The van der Waals surface area contributed by atoms with Gasteiger partial charge in [0.25, 0.3) is 0 Å². The molecule has 2 N–H and O–H groups in total. The van der Waals surface area contributed by atoms with Gasteiger partial charge in [0.15, 0.2) is 5.82 Å². The highest BCUT2D eigenvalue weighted by atomic mass is 16.5. The monoisotopic (exact) mass is 213 g/mol. The molecule has 0 fully saturated rings. The van der Waals surface area contributed by atoms with E-state index in [9.17, 15) is 0 Å². The van der Waals surface area contributed by atoms with Crippen LogP contribution in [0.5, 0.6) is 0 Å². The zero-order valence-electron chi connectivity index (χ0n) is 9.56. The van der Waals surface area contributed by atoms with Gasteiger partial charge in [-0.3, -0.25) is 0 Å². The topological polar surface area (TPSA) is 74.2 Å². The molecule has 5 heteroatoms. The minimum absolute atomic E-state index is 0.0701. The molecule has 0 amide bonds. The second-order valence-corrected chi connectivity index (χ2v) is 3.65. The molecule has 2 atom stereocenters. The number of nitrogens with two attached hydrogens (primary N) is 1. The fourth-order valence-corrected chi connectivity index (χ4v) is 1.28. The van der Waals surface area contributed by atoms with Gasteiger partial charge in [0.05, 0.1) is 12.5 Å². The summed E-state index contributed by atoms with van der Waals surface area (Å²) < 4.78 is 10.1. The summed E-state index contributed by atoms with van der Waals surface area (Å²) in [7, 11) is 1.65. The van der Waals surface area contributed by atoms with Crippen molar-refractivity contribution in [3.8, 4) is 0 Å². The minimum Gasteiger partial charge on any atom is -0.384 e. The fourth-order valence-electron chi connectivity index (χ4n) is 1.28. The summed E-state index contributed by atoms with van der Waals surface area (Å²) in [6.45, 7) is 4.65. The molecule has 5 nitrogen and oxygen atoms in total. The van der Waals surface area contributed by atoms with Crippen LogP contribution in [0.3, 0.4) is 0 Å². The number of hydrogen-bond acceptors (Lipinski definition) is 5. The largest absolute Gasteiger partial charge is 0.384 e. The van der Waals surface area contributed by atoms with Crippen molar-refractivity contribution in [3.63, 3.8) is 0 Å². The van der Waals surface area contributed by atoms with Gasteiger partial charge in [-0.1, -0.05) is 19.0 Å². The van der Waals surface area contributed by atoms with Crippen molar-refractivity contribution in [2.45, 2.75) is 38.6 Å². The van der Waals surface area contributed by atoms with Crippen LogP contribution in [0.25, 0.3) is 0 Å². The molecule has 0 bridgehead atoms. The highest BCUT2D eigenvalue weighted by Gasteiger charge is 2.19. The first-order valence-corrected chi connectivity index (χ1v) is 5.26. The quantitative estimate of drug-likeness (QED) is 0.766. The average Bonchev–Trinajstić information content (AvgIpc) is 2.72. The van der Waals surface area contributed by atoms with Crippen LogP contribution in [0.2, 0.25) is 0 Å². The third-order valence-corrected chi connectivity index (χ3v) is 2.52. The van der Waals surface area contributed by atoms with E-state index in [1.807, 2.05) is 13.8 Å². The minimum atomic E-state index is 0.0701. The highest BCUT2D eigenvalue weighted by Crippen LogP contribution is 2.17. The number of aromatic nitrogens is 2. The molecule has 15 heavy (non-hydrogen) atoms. The smallest absolute Gasteiger partial charge is 0.231 e. The SMILES string of the molecule is CCC(N)C(C)c1nc(CCOC)no1. The summed E-state index contributed by atoms with van der Waals surface area (Å²) in [5.74, 6) is 1.41. The number of hydrogen-bond donors (Lipinski definition) is 1. The van der Waals surface area contributed by atoms with Gasteiger partial charge in [0, 0.05) is 19.6 Å². The maximum Gasteiger partial charge on any atom is 0.231 e. The van der Waals surface area contributed by atoms with Crippen molar-refractivity contribution in [3.05, 3.63) is 11.7 Å². The number of ether oxygens (including phenoxy) is 1. The van der Waals surface area contributed by atoms with E-state index in [1.165, 1.54) is 0 Å². The maximum absolute atomic E-state index is 5.91. The summed E-state index contributed by atoms with van der Waals surface area (Å²) in [6.07, 6.45) is 1.57. The standard InChI is InChI=1S/C10H19N3O2/c1-4-8(11)7(2)10-12-9(13-15-10)5-6-14-3/h7-8H,4-6,11H2,1-3H3. The number of methoxy groups -OCH3 is 1. The molecule has 1 heterocycles. The van der Waals surface area contributed by atoms with E-state index in [2.05, 4.69) is 10.1 Å². The molecule has 0 saturated carbocycles. The number of rotatable bonds is 6. The molecular weight excluding hydrogens is 194 g/mol. The van der Waals surface area contributed by atoms with Crippen molar-refractivity contribution >= 4 is 0 Å². The molecule has 0 aliphatic carbocycles. The summed E-state index contributed by atoms with van der Waals surface area (Å²) in [6, 6.07) is 0.0701. The number of nitrogens with zero attached hydrogens (tertiary/aromatic N) is 2. The van der Waals surface area contributed by atoms with Crippen molar-refractivity contribution in [1.29, 1.82) is 0 Å². The molecule has 0 aromatic carbocycles. The third-order valence-electron chi connectivity index (χ3n) is 2.52. The van der Waals surface area contributed by atoms with Crippen LogP contribution >= 0.6 is 0 Å². The second kappa shape index (κ2) is 5.82. The molecule has 0 aliphatic rings. The van der Waals surface area contributed by atoms with E-state index in [1.54, 1.807) is 7.11 Å². The van der Waals surface area contributed by atoms with E-state index in [0.717, 1.165) is 6.42 Å². The van der Waals surface area contributed by atoms with Crippen molar-refractivity contribution in [2.75, 3.05) is 13.7 Å². The third kappa shape index (κ3) is 3.28. The van der Waals surface area contributed by atoms with E-state index in [4.69, 9.17) is 15.0 Å². The Hall–Kier alpha value is -0.940. The van der Waals surface area contributed by atoms with Crippen LogP contribution in [0.4, 0.5) is 0 Å². The Morgan fingerprint density at radius 3 is 2.87 bits per heavy atom. The fraction of sp³-hybridized carbons (Fsp3) is 0.800. The summed E-state index contributed by atoms with van der Waals surface area (Å²) in [5, 5.41) is 3.87. The summed E-state index contributed by atoms with van der Waals surface area (Å²) >= 11 is 0. The first-order valence-electron chi connectivity index (χ1n) is 5.26. The Balaban J connectivity index is 2.58. The zero-order valence-corrected chi connectivity index (χ0v) is 9.56. The average molecular weight is 213 g/mol. The van der Waals surface area contributed by atoms with Crippen LogP contribution in [-0.4, -0.2) is 29.9 Å². The van der Waals surface area contributed by atoms with Crippen molar-refractivity contribution in [2.24, 2.45) is 5.73 Å². The lowest BCUT2D eigenvalue weighted by atomic mass is 10.0. The Kier molecular flexibility index (Phi) is 4.71. The highest BCUT2D eigenvalue weighted by molar-refractivity contribution is 4.96. The Labute approximate surface area is 90.0 Å². The van der Waals surface area contributed by atoms with Crippen LogP contribution < -0.4 is 5.73 Å². The first kappa shape index (κ1) is 12.1. The van der Waals surface area contributed by atoms with E-state index >= 15 is 0 Å². The van der Waals surface area contributed by atoms with Crippen LogP contribution in [0.15, 0.2) is 4.52 Å². The first-order chi connectivity index (χ1) is 7.19. The van der Waals surface area contributed by atoms with Crippen molar-refractivity contribution in [1.82, 2.24) is 10.1 Å². The Bertz CT molecular complexity index is 288. The Morgan fingerprint density at radius 2 is 2.27 bits per heavy atom. The van der Waals surface area contributed by atoms with Gasteiger partial charge in [0.1, 0.15) is 0 Å². The predicted octanol–water partition coefficient (Wildman–Crippen LogP) is 1.10. The molecule has 0 spiro atoms. The second-order valence-electron chi connectivity index (χ2n) is 3.65. The zero-order chi connectivity index (χ0) is 11.3. The van der Waals surface area contributed by atoms with Crippen LogP contribution in [-0.2, 0) is 11.2 Å². The van der Waals surface area contributed by atoms with E-state index in [-0.39, 0.29) is 12.0 Å². The molecular formula is C10H19N3O2.